The van der Waals surface area contributed by atoms with Crippen LogP contribution in [0.5, 0.6) is 0 Å². The van der Waals surface area contributed by atoms with Crippen LogP contribution in [0.3, 0.4) is 0 Å². The highest BCUT2D eigenvalue weighted by Gasteiger charge is 2.65. The van der Waals surface area contributed by atoms with Gasteiger partial charge in [0.05, 0.1) is 18.2 Å². The molecule has 4 fully saturated rings. The molecule has 0 heterocycles. The van der Waals surface area contributed by atoms with Gasteiger partial charge in [-0.05, 0) is 160 Å². The van der Waals surface area contributed by atoms with Crippen molar-refractivity contribution in [2.24, 2.45) is 39.9 Å². The van der Waals surface area contributed by atoms with Gasteiger partial charge < -0.3 is 15.4 Å². The number of Topliss-reactive ketones (excluding diaryl/α,β-unsaturated/α-hetero) is 1. The van der Waals surface area contributed by atoms with Crippen LogP contribution in [-0.4, -0.2) is 44.3 Å². The van der Waals surface area contributed by atoms with E-state index in [4.69, 9.17) is 4.74 Å². The molecule has 1 spiro atoms. The van der Waals surface area contributed by atoms with E-state index in [1.807, 2.05) is 12.1 Å². The number of esters is 1. The zero-order valence-electron chi connectivity index (χ0n) is 29.0. The fourth-order valence-corrected chi connectivity index (χ4v) is 12.3. The lowest BCUT2D eigenvalue weighted by Crippen LogP contribution is -2.58. The van der Waals surface area contributed by atoms with Gasteiger partial charge in [0.15, 0.2) is 5.78 Å². The summed E-state index contributed by atoms with van der Waals surface area (Å²) < 4.78 is 5.37. The van der Waals surface area contributed by atoms with Gasteiger partial charge in [-0.2, -0.15) is 0 Å². The first kappa shape index (κ1) is 32.1. The van der Waals surface area contributed by atoms with Crippen molar-refractivity contribution < 1.29 is 19.1 Å². The van der Waals surface area contributed by atoms with E-state index in [1.54, 1.807) is 7.11 Å². The monoisotopic (exact) mass is 628 g/mol. The molecule has 46 heavy (non-hydrogen) atoms. The summed E-state index contributed by atoms with van der Waals surface area (Å²) in [5.41, 5.74) is 4.41. The molecule has 1 unspecified atom stereocenters. The van der Waals surface area contributed by atoms with Crippen molar-refractivity contribution in [2.75, 3.05) is 26.7 Å². The summed E-state index contributed by atoms with van der Waals surface area (Å²) in [5.74, 6) is 2.60. The van der Waals surface area contributed by atoms with Crippen LogP contribution < -0.4 is 10.6 Å². The molecule has 6 nitrogen and oxygen atoms in total. The van der Waals surface area contributed by atoms with Crippen LogP contribution in [0.2, 0.25) is 0 Å². The highest BCUT2D eigenvalue weighted by atomic mass is 16.5. The molecule has 0 amide bonds. The average Bonchev–Trinajstić information content (AvgIpc) is 3.28. The molecular formula is C40H56N2O4. The minimum atomic E-state index is -0.334. The van der Waals surface area contributed by atoms with Gasteiger partial charge in [-0.15, -0.1) is 0 Å². The van der Waals surface area contributed by atoms with Crippen molar-refractivity contribution in [3.63, 3.8) is 0 Å². The third kappa shape index (κ3) is 5.02. The van der Waals surface area contributed by atoms with Gasteiger partial charge in [0, 0.05) is 23.7 Å². The number of methoxy groups -OCH3 is 1. The second-order valence-corrected chi connectivity index (χ2v) is 17.3. The number of ether oxygens (including phenoxy) is 1. The van der Waals surface area contributed by atoms with E-state index >= 15 is 0 Å². The number of benzene rings is 1. The van der Waals surface area contributed by atoms with Crippen molar-refractivity contribution in [3.05, 3.63) is 46.2 Å². The zero-order chi connectivity index (χ0) is 32.5. The van der Waals surface area contributed by atoms with E-state index in [0.717, 1.165) is 69.4 Å². The SMILES string of the molecule is COC(=O)C1(C)CCC[C@]2(C)[C@@H]1CC[C@@]13C[C@@H](CC[C@H]12)[C@H](CNCCCNC1=CC(=O)c2cc4c(cc2C1=O)C(C)(C)CCC4)C3. The summed E-state index contributed by atoms with van der Waals surface area (Å²) in [7, 11) is 1.57. The lowest BCUT2D eigenvalue weighted by atomic mass is 9.41. The van der Waals surface area contributed by atoms with Crippen molar-refractivity contribution in [2.45, 2.75) is 117 Å². The second kappa shape index (κ2) is 11.6. The van der Waals surface area contributed by atoms with Gasteiger partial charge >= 0.3 is 5.97 Å². The smallest absolute Gasteiger partial charge is 0.311 e. The Morgan fingerprint density at radius 1 is 0.913 bits per heavy atom. The van der Waals surface area contributed by atoms with E-state index in [2.05, 4.69) is 38.3 Å². The Bertz CT molecular complexity index is 1460. The molecule has 6 heteroatoms. The molecule has 6 aliphatic carbocycles. The first-order chi connectivity index (χ1) is 21.9. The van der Waals surface area contributed by atoms with E-state index in [9.17, 15) is 14.4 Å². The average molecular weight is 629 g/mol. The molecule has 2 bridgehead atoms. The highest BCUT2D eigenvalue weighted by Crippen LogP contribution is 2.72. The van der Waals surface area contributed by atoms with Gasteiger partial charge in [0.2, 0.25) is 5.78 Å². The number of hydrogen-bond donors (Lipinski definition) is 2. The van der Waals surface area contributed by atoms with Crippen molar-refractivity contribution >= 4 is 17.5 Å². The van der Waals surface area contributed by atoms with Crippen LogP contribution in [-0.2, 0) is 21.4 Å². The number of ketones is 2. The fraction of sp³-hybridized carbons (Fsp3) is 0.725. The molecule has 6 aliphatic rings. The molecule has 0 saturated heterocycles. The largest absolute Gasteiger partial charge is 0.469 e. The summed E-state index contributed by atoms with van der Waals surface area (Å²) in [6, 6.07) is 4.00. The second-order valence-electron chi connectivity index (χ2n) is 17.3. The van der Waals surface area contributed by atoms with E-state index in [0.29, 0.717) is 34.7 Å². The molecule has 4 saturated carbocycles. The third-order valence-electron chi connectivity index (χ3n) is 14.4. The van der Waals surface area contributed by atoms with Crippen LogP contribution in [0.1, 0.15) is 137 Å². The van der Waals surface area contributed by atoms with Gasteiger partial charge in [-0.25, -0.2) is 0 Å². The van der Waals surface area contributed by atoms with Crippen molar-refractivity contribution in [3.8, 4) is 0 Å². The highest BCUT2D eigenvalue weighted by molar-refractivity contribution is 6.24. The maximum absolute atomic E-state index is 13.4. The number of hydrogen-bond acceptors (Lipinski definition) is 6. The predicted molar refractivity (Wildman–Crippen MR) is 181 cm³/mol. The number of aryl methyl sites for hydroxylation is 1. The number of carbonyl (C=O) groups is 3. The molecule has 0 aliphatic heterocycles. The molecule has 250 valence electrons. The molecule has 0 aromatic heterocycles. The van der Waals surface area contributed by atoms with Gasteiger partial charge in [0.25, 0.3) is 0 Å². The minimum absolute atomic E-state index is 0.0131. The van der Waals surface area contributed by atoms with E-state index in [-0.39, 0.29) is 33.8 Å². The Morgan fingerprint density at radius 2 is 1.74 bits per heavy atom. The Morgan fingerprint density at radius 3 is 2.54 bits per heavy atom. The molecule has 2 N–H and O–H groups in total. The normalized spacial score (nSPS) is 37.4. The Hall–Kier alpha value is -2.47. The topological polar surface area (TPSA) is 84.5 Å². The molecular weight excluding hydrogens is 572 g/mol. The first-order valence-corrected chi connectivity index (χ1v) is 18.4. The molecule has 7 atom stereocenters. The van der Waals surface area contributed by atoms with Gasteiger partial charge in [-0.1, -0.05) is 27.2 Å². The van der Waals surface area contributed by atoms with Crippen LogP contribution in [0.25, 0.3) is 0 Å². The van der Waals surface area contributed by atoms with Gasteiger partial charge in [-0.3, -0.25) is 14.4 Å². The maximum Gasteiger partial charge on any atom is 0.311 e. The Balaban J connectivity index is 0.919. The number of nitrogens with one attached hydrogen (secondary N) is 2. The summed E-state index contributed by atoms with van der Waals surface area (Å²) in [5, 5.41) is 7.09. The summed E-state index contributed by atoms with van der Waals surface area (Å²) >= 11 is 0. The van der Waals surface area contributed by atoms with E-state index < -0.39 is 0 Å². The molecule has 7 rings (SSSR count). The predicted octanol–water partition coefficient (Wildman–Crippen LogP) is 7.33. The van der Waals surface area contributed by atoms with Crippen LogP contribution >= 0.6 is 0 Å². The Labute approximate surface area is 276 Å². The Kier molecular flexibility index (Phi) is 8.09. The maximum atomic E-state index is 13.4. The molecule has 1 aromatic rings. The van der Waals surface area contributed by atoms with Crippen LogP contribution in [0.15, 0.2) is 23.9 Å². The fourth-order valence-electron chi connectivity index (χ4n) is 12.3. The number of fused-ring (bicyclic) bond motifs is 5. The van der Waals surface area contributed by atoms with Crippen LogP contribution in [0, 0.1) is 39.9 Å². The third-order valence-corrected chi connectivity index (χ3v) is 14.4. The molecule has 1 aromatic carbocycles. The lowest BCUT2D eigenvalue weighted by Gasteiger charge is -2.63. The summed E-state index contributed by atoms with van der Waals surface area (Å²) in [6.07, 6.45) is 16.8. The number of allylic oxidation sites excluding steroid dienone is 2. The number of rotatable bonds is 8. The quantitative estimate of drug-likeness (QED) is 0.232. The van der Waals surface area contributed by atoms with Crippen molar-refractivity contribution in [1.29, 1.82) is 0 Å². The first-order valence-electron chi connectivity index (χ1n) is 18.4. The zero-order valence-corrected chi connectivity index (χ0v) is 29.0. The standard InChI is InChI=1S/C40H56N2O4/c1-37(2)13-6-9-25-19-28-29(20-30(25)37)35(44)31(21-32(28)43)42-18-8-17-41-24-27-23-40-16-12-33-38(3,34(40)11-10-26(27)22-40)14-7-15-39(33,4)36(45)46-5/h19-21,26-27,33-34,41-42H,6-18,22-24H2,1-5H3/t26-,27+,33+,34+,38-,39?,40+/m1/s1. The van der Waals surface area contributed by atoms with Crippen molar-refractivity contribution in [1.82, 2.24) is 10.6 Å². The summed E-state index contributed by atoms with van der Waals surface area (Å²) in [6.45, 7) is 11.9. The summed E-state index contributed by atoms with van der Waals surface area (Å²) in [4.78, 5) is 39.5. The number of carbonyl (C=O) groups excluding carboxylic acids is 3. The lowest BCUT2D eigenvalue weighted by molar-refractivity contribution is -0.183. The van der Waals surface area contributed by atoms with Crippen LogP contribution in [0.4, 0.5) is 0 Å². The minimum Gasteiger partial charge on any atom is -0.469 e. The van der Waals surface area contributed by atoms with E-state index in [1.165, 1.54) is 62.1 Å². The van der Waals surface area contributed by atoms with Gasteiger partial charge in [0.1, 0.15) is 0 Å². The molecule has 0 radical (unpaired) electrons.